The summed E-state index contributed by atoms with van der Waals surface area (Å²) < 4.78 is 28.9. The van der Waals surface area contributed by atoms with Gasteiger partial charge < -0.3 is 9.88 Å². The molecule has 0 radical (unpaired) electrons. The van der Waals surface area contributed by atoms with Crippen molar-refractivity contribution in [2.45, 2.75) is 26.3 Å². The van der Waals surface area contributed by atoms with Crippen LogP contribution in [0.2, 0.25) is 0 Å². The van der Waals surface area contributed by atoms with Crippen molar-refractivity contribution in [2.75, 3.05) is 13.1 Å². The van der Waals surface area contributed by atoms with Crippen LogP contribution in [0.1, 0.15) is 29.0 Å². The van der Waals surface area contributed by atoms with Gasteiger partial charge in [-0.05, 0) is 43.9 Å². The molecule has 1 N–H and O–H groups in total. The van der Waals surface area contributed by atoms with E-state index < -0.39 is 17.5 Å². The van der Waals surface area contributed by atoms with Crippen LogP contribution in [0.4, 0.5) is 8.78 Å². The number of nitrogens with one attached hydrogen (secondary N) is 1. The third-order valence-electron chi connectivity index (χ3n) is 4.89. The summed E-state index contributed by atoms with van der Waals surface area (Å²) in [6.07, 6.45) is 1.56. The monoisotopic (exact) mass is 388 g/mol. The van der Waals surface area contributed by atoms with Crippen molar-refractivity contribution in [1.82, 2.24) is 29.9 Å². The lowest BCUT2D eigenvalue weighted by Gasteiger charge is -2.32. The number of hydrogen-bond donors (Lipinski definition) is 1. The molecule has 0 spiro atoms. The Balaban J connectivity index is 1.54. The molecule has 1 amide bonds. The van der Waals surface area contributed by atoms with Crippen LogP contribution in [0.15, 0.2) is 23.0 Å². The molecule has 1 atom stereocenters. The Morgan fingerprint density at radius 1 is 1.36 bits per heavy atom. The smallest absolute Gasteiger partial charge is 0.281 e. The van der Waals surface area contributed by atoms with Gasteiger partial charge in [-0.2, -0.15) is 0 Å². The standard InChI is InChI=1S/C18H18F2N6O2/c1-10-21-16-15(17(27)22-10)23-24-26(16)9-11-3-2-6-25(8-11)18(28)13-7-12(19)4-5-14(13)20/h4-5,7,11H,2-3,6,8-9H2,1H3,(H,21,22,27)/t11-/m1/s1. The number of amides is 1. The first-order valence-electron chi connectivity index (χ1n) is 8.97. The largest absolute Gasteiger partial charge is 0.338 e. The van der Waals surface area contributed by atoms with Gasteiger partial charge in [0.1, 0.15) is 17.5 Å². The Labute approximate surface area is 158 Å². The normalized spacial score (nSPS) is 17.2. The predicted octanol–water partition coefficient (Wildman–Crippen LogP) is 1.65. The zero-order valence-corrected chi connectivity index (χ0v) is 15.2. The fraction of sp³-hybridized carbons (Fsp3) is 0.389. The highest BCUT2D eigenvalue weighted by atomic mass is 19.1. The molecular formula is C18H18F2N6O2. The Bertz CT molecular complexity index is 1110. The summed E-state index contributed by atoms with van der Waals surface area (Å²) in [6.45, 7) is 2.94. The van der Waals surface area contributed by atoms with Gasteiger partial charge in [0.25, 0.3) is 11.5 Å². The van der Waals surface area contributed by atoms with Crippen molar-refractivity contribution in [1.29, 1.82) is 0 Å². The Morgan fingerprint density at radius 2 is 2.18 bits per heavy atom. The van der Waals surface area contributed by atoms with E-state index >= 15 is 0 Å². The van der Waals surface area contributed by atoms with E-state index in [1.807, 2.05) is 0 Å². The van der Waals surface area contributed by atoms with Crippen LogP contribution in [-0.4, -0.2) is 48.9 Å². The highest BCUT2D eigenvalue weighted by Gasteiger charge is 2.27. The van der Waals surface area contributed by atoms with Gasteiger partial charge in [-0.3, -0.25) is 9.59 Å². The number of nitrogens with zero attached hydrogens (tertiary/aromatic N) is 5. The Morgan fingerprint density at radius 3 is 3.00 bits per heavy atom. The number of likely N-dealkylation sites (tertiary alicyclic amines) is 1. The maximum atomic E-state index is 14.0. The first kappa shape index (κ1) is 18.2. The highest BCUT2D eigenvalue weighted by molar-refractivity contribution is 5.94. The topological polar surface area (TPSA) is 96.8 Å². The summed E-state index contributed by atoms with van der Waals surface area (Å²) in [6, 6.07) is 2.86. The third kappa shape index (κ3) is 3.37. The van der Waals surface area contributed by atoms with Crippen molar-refractivity contribution in [2.24, 2.45) is 5.92 Å². The molecule has 8 nitrogen and oxygen atoms in total. The van der Waals surface area contributed by atoms with Crippen LogP contribution < -0.4 is 5.56 Å². The summed E-state index contributed by atoms with van der Waals surface area (Å²) in [5.41, 5.74) is -0.0662. The zero-order chi connectivity index (χ0) is 19.8. The van der Waals surface area contributed by atoms with Crippen LogP contribution in [0.5, 0.6) is 0 Å². The molecule has 10 heteroatoms. The summed E-state index contributed by atoms with van der Waals surface area (Å²) in [5, 5.41) is 7.90. The fourth-order valence-electron chi connectivity index (χ4n) is 3.57. The molecule has 1 aromatic carbocycles. The predicted molar refractivity (Wildman–Crippen MR) is 95.7 cm³/mol. The van der Waals surface area contributed by atoms with E-state index in [2.05, 4.69) is 20.3 Å². The number of aromatic nitrogens is 5. The van der Waals surface area contributed by atoms with Gasteiger partial charge in [0.15, 0.2) is 11.2 Å². The van der Waals surface area contributed by atoms with E-state index in [1.165, 1.54) is 4.90 Å². The van der Waals surface area contributed by atoms with Crippen LogP contribution >= 0.6 is 0 Å². The molecule has 0 bridgehead atoms. The SMILES string of the molecule is Cc1nc2c(nnn2C[C@@H]2CCCN(C(=O)c3cc(F)ccc3F)C2)c(=O)[nH]1. The molecule has 28 heavy (non-hydrogen) atoms. The number of aromatic amines is 1. The van der Waals surface area contributed by atoms with Crippen molar-refractivity contribution in [3.05, 3.63) is 51.6 Å². The maximum Gasteiger partial charge on any atom is 0.281 e. The maximum absolute atomic E-state index is 14.0. The number of rotatable bonds is 3. The minimum atomic E-state index is -0.741. The van der Waals surface area contributed by atoms with Gasteiger partial charge in [-0.15, -0.1) is 5.10 Å². The number of carbonyl (C=O) groups excluding carboxylic acids is 1. The van der Waals surface area contributed by atoms with Gasteiger partial charge in [0.2, 0.25) is 0 Å². The lowest BCUT2D eigenvalue weighted by atomic mass is 9.97. The molecule has 0 aliphatic carbocycles. The Kier molecular flexibility index (Phi) is 4.62. The number of fused-ring (bicyclic) bond motifs is 1. The Hall–Kier alpha value is -3.17. The molecular weight excluding hydrogens is 370 g/mol. The van der Waals surface area contributed by atoms with Crippen LogP contribution in [0.25, 0.3) is 11.2 Å². The van der Waals surface area contributed by atoms with E-state index in [0.717, 1.165) is 31.0 Å². The van der Waals surface area contributed by atoms with E-state index in [9.17, 15) is 18.4 Å². The number of carbonyl (C=O) groups is 1. The van der Waals surface area contributed by atoms with Crippen LogP contribution in [0, 0.1) is 24.5 Å². The number of benzene rings is 1. The molecule has 3 aromatic rings. The highest BCUT2D eigenvalue weighted by Crippen LogP contribution is 2.22. The van der Waals surface area contributed by atoms with Gasteiger partial charge in [0.05, 0.1) is 5.56 Å². The summed E-state index contributed by atoms with van der Waals surface area (Å²) in [7, 11) is 0. The molecule has 4 rings (SSSR count). The van der Waals surface area contributed by atoms with Crippen molar-refractivity contribution >= 4 is 17.1 Å². The molecule has 146 valence electrons. The minimum absolute atomic E-state index is 0.0283. The molecule has 1 aliphatic heterocycles. The average Bonchev–Trinajstić information content (AvgIpc) is 3.06. The van der Waals surface area contributed by atoms with E-state index in [1.54, 1.807) is 11.6 Å². The molecule has 3 heterocycles. The second-order valence-electron chi connectivity index (χ2n) is 6.98. The second-order valence-corrected chi connectivity index (χ2v) is 6.98. The van der Waals surface area contributed by atoms with Crippen molar-refractivity contribution in [3.8, 4) is 0 Å². The molecule has 1 aliphatic rings. The number of aryl methyl sites for hydroxylation is 1. The van der Waals surface area contributed by atoms with Crippen molar-refractivity contribution < 1.29 is 13.6 Å². The number of hydrogen-bond acceptors (Lipinski definition) is 5. The third-order valence-corrected chi connectivity index (χ3v) is 4.89. The van der Waals surface area contributed by atoms with Crippen LogP contribution in [0.3, 0.4) is 0 Å². The zero-order valence-electron chi connectivity index (χ0n) is 15.2. The van der Waals surface area contributed by atoms with Crippen molar-refractivity contribution in [3.63, 3.8) is 0 Å². The molecule has 2 aromatic heterocycles. The average molecular weight is 388 g/mol. The van der Waals surface area contributed by atoms with E-state index in [-0.39, 0.29) is 22.6 Å². The minimum Gasteiger partial charge on any atom is -0.338 e. The van der Waals surface area contributed by atoms with Gasteiger partial charge in [0, 0.05) is 19.6 Å². The first-order chi connectivity index (χ1) is 13.4. The van der Waals surface area contributed by atoms with Gasteiger partial charge in [-0.1, -0.05) is 5.21 Å². The summed E-state index contributed by atoms with van der Waals surface area (Å²) >= 11 is 0. The van der Waals surface area contributed by atoms with E-state index in [0.29, 0.717) is 31.1 Å². The number of H-pyrrole nitrogens is 1. The quantitative estimate of drug-likeness (QED) is 0.736. The first-order valence-corrected chi connectivity index (χ1v) is 8.97. The molecule has 1 saturated heterocycles. The number of piperidine rings is 1. The lowest BCUT2D eigenvalue weighted by Crippen LogP contribution is -2.41. The summed E-state index contributed by atoms with van der Waals surface area (Å²) in [5.74, 6) is -1.44. The van der Waals surface area contributed by atoms with Gasteiger partial charge >= 0.3 is 0 Å². The molecule has 1 fully saturated rings. The lowest BCUT2D eigenvalue weighted by molar-refractivity contribution is 0.0655. The van der Waals surface area contributed by atoms with Crippen LogP contribution in [-0.2, 0) is 6.54 Å². The second kappa shape index (κ2) is 7.10. The molecule has 0 saturated carbocycles. The molecule has 0 unspecified atom stereocenters. The summed E-state index contributed by atoms with van der Waals surface area (Å²) in [4.78, 5) is 33.0. The van der Waals surface area contributed by atoms with Gasteiger partial charge in [-0.25, -0.2) is 18.4 Å². The van der Waals surface area contributed by atoms with E-state index in [4.69, 9.17) is 0 Å². The number of halogens is 2. The fourth-order valence-corrected chi connectivity index (χ4v) is 3.57.